The second kappa shape index (κ2) is 5.41. The van der Waals surface area contributed by atoms with Crippen molar-refractivity contribution in [1.82, 2.24) is 10.6 Å². The standard InChI is InChI=1S/C18H26N2O2/c1-12(16-3-2-4-22-16)19-11-17(21)20-18-8-13-5-14(9-18)7-15(6-13)10-18/h2-4,12-15,19H,5-11H2,1H3,(H,20,21)/t12-,13?,14?,15?,18?/m1/s1. The van der Waals surface area contributed by atoms with Crippen LogP contribution in [-0.4, -0.2) is 18.0 Å². The van der Waals surface area contributed by atoms with E-state index in [0.29, 0.717) is 6.54 Å². The lowest BCUT2D eigenvalue weighted by Crippen LogP contribution is -2.60. The Hall–Kier alpha value is -1.29. The number of carbonyl (C=O) groups excluding carboxylic acids is 1. The highest BCUT2D eigenvalue weighted by molar-refractivity contribution is 5.79. The molecule has 1 heterocycles. The molecule has 2 N–H and O–H groups in total. The van der Waals surface area contributed by atoms with Gasteiger partial charge in [-0.25, -0.2) is 0 Å². The van der Waals surface area contributed by atoms with Crippen molar-refractivity contribution in [1.29, 1.82) is 0 Å². The summed E-state index contributed by atoms with van der Waals surface area (Å²) in [5, 5.41) is 6.65. The van der Waals surface area contributed by atoms with Crippen molar-refractivity contribution in [2.45, 2.75) is 57.0 Å². The Kier molecular flexibility index (Phi) is 3.52. The zero-order valence-corrected chi connectivity index (χ0v) is 13.3. The number of amides is 1. The Morgan fingerprint density at radius 3 is 2.45 bits per heavy atom. The Morgan fingerprint density at radius 2 is 1.91 bits per heavy atom. The molecule has 0 unspecified atom stereocenters. The molecule has 0 aromatic carbocycles. The first-order valence-electron chi connectivity index (χ1n) is 8.70. The highest BCUT2D eigenvalue weighted by Crippen LogP contribution is 2.55. The van der Waals surface area contributed by atoms with E-state index in [4.69, 9.17) is 4.42 Å². The average molecular weight is 302 g/mol. The normalized spacial score (nSPS) is 37.2. The van der Waals surface area contributed by atoms with Crippen LogP contribution in [0.2, 0.25) is 0 Å². The van der Waals surface area contributed by atoms with Crippen molar-refractivity contribution in [3.05, 3.63) is 24.2 Å². The molecule has 4 saturated carbocycles. The van der Waals surface area contributed by atoms with Gasteiger partial charge in [-0.3, -0.25) is 10.1 Å². The fourth-order valence-electron chi connectivity index (χ4n) is 5.49. The largest absolute Gasteiger partial charge is 0.468 e. The van der Waals surface area contributed by atoms with Gasteiger partial charge in [-0.1, -0.05) is 0 Å². The number of hydrogen-bond donors (Lipinski definition) is 2. The van der Waals surface area contributed by atoms with E-state index >= 15 is 0 Å². The predicted molar refractivity (Wildman–Crippen MR) is 84.2 cm³/mol. The van der Waals surface area contributed by atoms with Crippen LogP contribution in [0, 0.1) is 17.8 Å². The van der Waals surface area contributed by atoms with Crippen LogP contribution in [0.4, 0.5) is 0 Å². The van der Waals surface area contributed by atoms with Crippen molar-refractivity contribution in [3.8, 4) is 0 Å². The Balaban J connectivity index is 1.32. The number of rotatable bonds is 5. The van der Waals surface area contributed by atoms with Gasteiger partial charge in [0.25, 0.3) is 0 Å². The quantitative estimate of drug-likeness (QED) is 0.879. The second-order valence-corrected chi connectivity index (χ2v) is 7.86. The molecular weight excluding hydrogens is 276 g/mol. The molecule has 120 valence electrons. The van der Waals surface area contributed by atoms with Crippen molar-refractivity contribution >= 4 is 5.91 Å². The lowest BCUT2D eigenvalue weighted by atomic mass is 9.53. The van der Waals surface area contributed by atoms with Crippen LogP contribution in [0.1, 0.15) is 57.3 Å². The van der Waals surface area contributed by atoms with Crippen LogP contribution in [-0.2, 0) is 4.79 Å². The van der Waals surface area contributed by atoms with Gasteiger partial charge < -0.3 is 9.73 Å². The van der Waals surface area contributed by atoms with Gasteiger partial charge in [-0.2, -0.15) is 0 Å². The van der Waals surface area contributed by atoms with Crippen molar-refractivity contribution in [3.63, 3.8) is 0 Å². The molecule has 1 amide bonds. The third-order valence-electron chi connectivity index (χ3n) is 5.98. The van der Waals surface area contributed by atoms with Crippen LogP contribution >= 0.6 is 0 Å². The molecule has 4 fully saturated rings. The fraction of sp³-hybridized carbons (Fsp3) is 0.722. The molecule has 0 saturated heterocycles. The van der Waals surface area contributed by atoms with Crippen molar-refractivity contribution in [2.75, 3.05) is 6.54 Å². The highest BCUT2D eigenvalue weighted by atomic mass is 16.3. The number of nitrogens with one attached hydrogen (secondary N) is 2. The fourth-order valence-corrected chi connectivity index (χ4v) is 5.49. The molecule has 0 radical (unpaired) electrons. The minimum atomic E-state index is 0.0668. The van der Waals surface area contributed by atoms with E-state index in [9.17, 15) is 4.79 Å². The lowest BCUT2D eigenvalue weighted by Gasteiger charge is -2.56. The first-order valence-corrected chi connectivity index (χ1v) is 8.70. The average Bonchev–Trinajstić information content (AvgIpc) is 2.97. The molecule has 5 rings (SSSR count). The third kappa shape index (κ3) is 2.69. The molecule has 0 spiro atoms. The van der Waals surface area contributed by atoms with Crippen LogP contribution < -0.4 is 10.6 Å². The van der Waals surface area contributed by atoms with E-state index in [-0.39, 0.29) is 17.5 Å². The molecule has 1 aromatic heterocycles. The third-order valence-corrected chi connectivity index (χ3v) is 5.98. The summed E-state index contributed by atoms with van der Waals surface area (Å²) in [7, 11) is 0. The summed E-state index contributed by atoms with van der Waals surface area (Å²) < 4.78 is 5.37. The molecule has 0 aliphatic heterocycles. The number of furan rings is 1. The second-order valence-electron chi connectivity index (χ2n) is 7.86. The highest BCUT2D eigenvalue weighted by Gasteiger charge is 2.51. The molecule has 1 atom stereocenters. The SMILES string of the molecule is C[C@@H](NCC(=O)NC12CC3CC(CC(C3)C1)C2)c1ccco1. The van der Waals surface area contributed by atoms with Crippen LogP contribution in [0.5, 0.6) is 0 Å². The Morgan fingerprint density at radius 1 is 1.27 bits per heavy atom. The summed E-state index contributed by atoms with van der Waals surface area (Å²) in [5.41, 5.74) is 0.113. The van der Waals surface area contributed by atoms with Gasteiger partial charge in [0.1, 0.15) is 5.76 Å². The van der Waals surface area contributed by atoms with E-state index in [2.05, 4.69) is 10.6 Å². The monoisotopic (exact) mass is 302 g/mol. The van der Waals surface area contributed by atoms with Gasteiger partial charge in [0, 0.05) is 5.54 Å². The van der Waals surface area contributed by atoms with E-state index in [1.54, 1.807) is 6.26 Å². The van der Waals surface area contributed by atoms with Crippen molar-refractivity contribution in [2.24, 2.45) is 17.8 Å². The lowest BCUT2D eigenvalue weighted by molar-refractivity contribution is -0.126. The van der Waals surface area contributed by atoms with E-state index in [1.807, 2.05) is 19.1 Å². The van der Waals surface area contributed by atoms with Crippen LogP contribution in [0.15, 0.2) is 22.8 Å². The number of carbonyl (C=O) groups is 1. The minimum Gasteiger partial charge on any atom is -0.468 e. The first kappa shape index (κ1) is 14.3. The van der Waals surface area contributed by atoms with Gasteiger partial charge in [0.2, 0.25) is 5.91 Å². The summed E-state index contributed by atoms with van der Waals surface area (Å²) in [6, 6.07) is 3.88. The smallest absolute Gasteiger partial charge is 0.234 e. The molecule has 4 aliphatic carbocycles. The minimum absolute atomic E-state index is 0.0668. The zero-order chi connectivity index (χ0) is 15.2. The van der Waals surface area contributed by atoms with Crippen LogP contribution in [0.25, 0.3) is 0 Å². The molecule has 22 heavy (non-hydrogen) atoms. The van der Waals surface area contributed by atoms with E-state index < -0.39 is 0 Å². The van der Waals surface area contributed by atoms with Crippen LogP contribution in [0.3, 0.4) is 0 Å². The number of hydrogen-bond acceptors (Lipinski definition) is 3. The molecule has 4 bridgehead atoms. The topological polar surface area (TPSA) is 54.3 Å². The summed E-state index contributed by atoms with van der Waals surface area (Å²) in [4.78, 5) is 12.4. The maximum Gasteiger partial charge on any atom is 0.234 e. The summed E-state index contributed by atoms with van der Waals surface area (Å²) in [6.07, 6.45) is 9.51. The molecule has 1 aromatic rings. The molecular formula is C18H26N2O2. The van der Waals surface area contributed by atoms with E-state index in [0.717, 1.165) is 23.5 Å². The predicted octanol–water partition coefficient (Wildman–Crippen LogP) is 3.02. The Bertz CT molecular complexity index is 502. The molecule has 4 heteroatoms. The van der Waals surface area contributed by atoms with Gasteiger partial charge in [-0.05, 0) is 75.3 Å². The molecule has 4 nitrogen and oxygen atoms in total. The maximum absolute atomic E-state index is 12.4. The van der Waals surface area contributed by atoms with Gasteiger partial charge in [0.15, 0.2) is 0 Å². The summed E-state index contributed by atoms with van der Waals surface area (Å²) in [6.45, 7) is 2.39. The summed E-state index contributed by atoms with van der Waals surface area (Å²) >= 11 is 0. The Labute approximate surface area is 132 Å². The molecule has 4 aliphatic rings. The van der Waals surface area contributed by atoms with Gasteiger partial charge in [-0.15, -0.1) is 0 Å². The van der Waals surface area contributed by atoms with Crippen molar-refractivity contribution < 1.29 is 9.21 Å². The van der Waals surface area contributed by atoms with Gasteiger partial charge in [0.05, 0.1) is 18.8 Å². The zero-order valence-electron chi connectivity index (χ0n) is 13.3. The first-order chi connectivity index (χ1) is 10.6. The summed E-state index contributed by atoms with van der Waals surface area (Å²) in [5.74, 6) is 3.60. The van der Waals surface area contributed by atoms with E-state index in [1.165, 1.54) is 38.5 Å². The maximum atomic E-state index is 12.4. The van der Waals surface area contributed by atoms with Gasteiger partial charge >= 0.3 is 0 Å².